The number of rotatable bonds is 7. The Labute approximate surface area is 141 Å². The molecule has 0 spiro atoms. The average molecular weight is 331 g/mol. The third-order valence-electron chi connectivity index (χ3n) is 3.42. The highest BCUT2D eigenvalue weighted by Gasteiger charge is 2.20. The second-order valence-corrected chi connectivity index (χ2v) is 7.16. The lowest BCUT2D eigenvalue weighted by molar-refractivity contribution is -0.120. The molecule has 0 unspecified atom stereocenters. The van der Waals surface area contributed by atoms with Crippen molar-refractivity contribution >= 4 is 17.7 Å². The molecule has 23 heavy (non-hydrogen) atoms. The van der Waals surface area contributed by atoms with Crippen molar-refractivity contribution in [3.63, 3.8) is 0 Å². The quantitative estimate of drug-likeness (QED) is 0.824. The maximum atomic E-state index is 13.5. The van der Waals surface area contributed by atoms with Crippen molar-refractivity contribution in [2.24, 2.45) is 0 Å². The van der Waals surface area contributed by atoms with Crippen molar-refractivity contribution in [3.8, 4) is 0 Å². The van der Waals surface area contributed by atoms with Crippen LogP contribution in [0, 0.1) is 5.82 Å². The van der Waals surface area contributed by atoms with Gasteiger partial charge in [-0.2, -0.15) is 0 Å². The third-order valence-corrected chi connectivity index (χ3v) is 4.40. The lowest BCUT2D eigenvalue weighted by Gasteiger charge is -2.26. The molecule has 122 valence electrons. The summed E-state index contributed by atoms with van der Waals surface area (Å²) in [6, 6.07) is 16.8. The Hall–Kier alpha value is -1.81. The minimum atomic E-state index is -0.309. The second-order valence-electron chi connectivity index (χ2n) is 6.18. The first-order chi connectivity index (χ1) is 11.0. The van der Waals surface area contributed by atoms with Crippen LogP contribution in [0.1, 0.15) is 25.0 Å². The molecule has 2 aromatic rings. The highest BCUT2D eigenvalue weighted by atomic mass is 32.2. The first-order valence-electron chi connectivity index (χ1n) is 7.62. The summed E-state index contributed by atoms with van der Waals surface area (Å²) >= 11 is 1.42. The summed E-state index contributed by atoms with van der Waals surface area (Å²) in [7, 11) is 0. The summed E-state index contributed by atoms with van der Waals surface area (Å²) in [4.78, 5) is 12.1. The lowest BCUT2D eigenvalue weighted by Crippen LogP contribution is -2.45. The molecule has 0 saturated carbocycles. The molecule has 0 aliphatic carbocycles. The fraction of sp³-hybridized carbons (Fsp3) is 0.316. The van der Waals surface area contributed by atoms with Gasteiger partial charge >= 0.3 is 0 Å². The van der Waals surface area contributed by atoms with E-state index < -0.39 is 0 Å². The molecule has 0 fully saturated rings. The second kappa shape index (κ2) is 8.16. The van der Waals surface area contributed by atoms with Gasteiger partial charge in [0, 0.05) is 11.3 Å². The van der Waals surface area contributed by atoms with Gasteiger partial charge in [-0.15, -0.1) is 11.8 Å². The van der Waals surface area contributed by atoms with Crippen LogP contribution in [0.15, 0.2) is 54.6 Å². The van der Waals surface area contributed by atoms with E-state index in [1.54, 1.807) is 12.1 Å². The Kier molecular flexibility index (Phi) is 6.22. The molecular formula is C19H22FNOS. The number of carbonyl (C=O) groups excluding carboxylic acids is 1. The van der Waals surface area contributed by atoms with E-state index in [0.717, 1.165) is 6.42 Å². The smallest absolute Gasteiger partial charge is 0.230 e. The van der Waals surface area contributed by atoms with Crippen molar-refractivity contribution in [1.82, 2.24) is 5.32 Å². The van der Waals surface area contributed by atoms with Crippen LogP contribution < -0.4 is 5.32 Å². The molecule has 0 aliphatic rings. The molecule has 0 radical (unpaired) electrons. The molecule has 1 amide bonds. The molecular weight excluding hydrogens is 309 g/mol. The van der Waals surface area contributed by atoms with Crippen LogP contribution in [0.3, 0.4) is 0 Å². The third kappa shape index (κ3) is 6.06. The van der Waals surface area contributed by atoms with Gasteiger partial charge in [-0.05, 0) is 37.5 Å². The largest absolute Gasteiger partial charge is 0.350 e. The van der Waals surface area contributed by atoms with Crippen molar-refractivity contribution < 1.29 is 9.18 Å². The molecule has 0 bridgehead atoms. The monoisotopic (exact) mass is 331 g/mol. The van der Waals surface area contributed by atoms with E-state index in [4.69, 9.17) is 0 Å². The fourth-order valence-electron chi connectivity index (χ4n) is 2.43. The predicted octanol–water partition coefficient (Wildman–Crippen LogP) is 4.20. The van der Waals surface area contributed by atoms with Gasteiger partial charge < -0.3 is 5.32 Å². The minimum Gasteiger partial charge on any atom is -0.350 e. The zero-order chi connectivity index (χ0) is 16.7. The summed E-state index contributed by atoms with van der Waals surface area (Å²) in [6.45, 7) is 4.03. The number of benzene rings is 2. The number of thioether (sulfide) groups is 1. The summed E-state index contributed by atoms with van der Waals surface area (Å²) in [6.07, 6.45) is 0.775. The van der Waals surface area contributed by atoms with E-state index in [0.29, 0.717) is 17.1 Å². The number of nitrogens with one attached hydrogen (secondary N) is 1. The summed E-state index contributed by atoms with van der Waals surface area (Å²) in [5, 5.41) is 3.05. The van der Waals surface area contributed by atoms with E-state index >= 15 is 0 Å². The van der Waals surface area contributed by atoms with Gasteiger partial charge in [0.05, 0.1) is 5.75 Å². The molecule has 2 rings (SSSR count). The molecule has 0 atom stereocenters. The molecule has 2 nitrogen and oxygen atoms in total. The molecule has 4 heteroatoms. The van der Waals surface area contributed by atoms with E-state index in [1.165, 1.54) is 23.4 Å². The number of halogens is 1. The standard InChI is InChI=1S/C19H22FNOS/c1-19(2,12-15-8-4-3-5-9-15)21-18(22)14-23-13-16-10-6-7-11-17(16)20/h3-11H,12-14H2,1-2H3,(H,21,22). The molecule has 0 aromatic heterocycles. The van der Waals surface area contributed by atoms with Gasteiger partial charge in [-0.25, -0.2) is 4.39 Å². The zero-order valence-electron chi connectivity index (χ0n) is 13.5. The van der Waals surface area contributed by atoms with Gasteiger partial charge in [0.2, 0.25) is 5.91 Å². The summed E-state index contributed by atoms with van der Waals surface area (Å²) in [5.41, 5.74) is 1.52. The molecule has 1 N–H and O–H groups in total. The highest BCUT2D eigenvalue weighted by molar-refractivity contribution is 7.99. The first-order valence-corrected chi connectivity index (χ1v) is 8.78. The lowest BCUT2D eigenvalue weighted by atomic mass is 9.95. The van der Waals surface area contributed by atoms with Crippen molar-refractivity contribution in [1.29, 1.82) is 0 Å². The number of amides is 1. The molecule has 0 aliphatic heterocycles. The maximum Gasteiger partial charge on any atom is 0.230 e. The van der Waals surface area contributed by atoms with E-state index in [-0.39, 0.29) is 17.3 Å². The van der Waals surface area contributed by atoms with Crippen LogP contribution in [0.5, 0.6) is 0 Å². The van der Waals surface area contributed by atoms with Crippen LogP contribution in [0.4, 0.5) is 4.39 Å². The van der Waals surface area contributed by atoms with Crippen molar-refractivity contribution in [2.45, 2.75) is 31.6 Å². The minimum absolute atomic E-state index is 0.0210. The van der Waals surface area contributed by atoms with Gasteiger partial charge in [-0.1, -0.05) is 48.5 Å². The Morgan fingerprint density at radius 1 is 1.09 bits per heavy atom. The van der Waals surface area contributed by atoms with Gasteiger partial charge in [0.25, 0.3) is 0 Å². The van der Waals surface area contributed by atoms with Gasteiger partial charge in [0.1, 0.15) is 5.82 Å². The van der Waals surface area contributed by atoms with Crippen molar-refractivity contribution in [3.05, 3.63) is 71.5 Å². The normalized spacial score (nSPS) is 11.3. The van der Waals surface area contributed by atoms with Crippen LogP contribution in [-0.4, -0.2) is 17.2 Å². The number of hydrogen-bond donors (Lipinski definition) is 1. The number of carbonyl (C=O) groups is 1. The molecule has 0 saturated heterocycles. The summed E-state index contributed by atoms with van der Waals surface area (Å²) in [5.74, 6) is 0.586. The predicted molar refractivity (Wildman–Crippen MR) is 94.9 cm³/mol. The van der Waals surface area contributed by atoms with Crippen LogP contribution in [0.2, 0.25) is 0 Å². The van der Waals surface area contributed by atoms with E-state index in [9.17, 15) is 9.18 Å². The zero-order valence-corrected chi connectivity index (χ0v) is 14.3. The molecule has 2 aromatic carbocycles. The topological polar surface area (TPSA) is 29.1 Å². The van der Waals surface area contributed by atoms with Crippen LogP contribution in [-0.2, 0) is 17.0 Å². The maximum absolute atomic E-state index is 13.5. The Balaban J connectivity index is 1.78. The fourth-order valence-corrected chi connectivity index (χ4v) is 3.25. The summed E-state index contributed by atoms with van der Waals surface area (Å²) < 4.78 is 13.5. The van der Waals surface area contributed by atoms with Gasteiger partial charge in [0.15, 0.2) is 0 Å². The SMILES string of the molecule is CC(C)(Cc1ccccc1)NC(=O)CSCc1ccccc1F. The average Bonchev–Trinajstić information content (AvgIpc) is 2.49. The first kappa shape index (κ1) is 17.5. The Bertz CT molecular complexity index is 643. The van der Waals surface area contributed by atoms with Gasteiger partial charge in [-0.3, -0.25) is 4.79 Å². The highest BCUT2D eigenvalue weighted by Crippen LogP contribution is 2.16. The Morgan fingerprint density at radius 2 is 1.74 bits per heavy atom. The van der Waals surface area contributed by atoms with E-state index in [1.807, 2.05) is 38.1 Å². The van der Waals surface area contributed by atoms with E-state index in [2.05, 4.69) is 17.4 Å². The Morgan fingerprint density at radius 3 is 2.43 bits per heavy atom. The molecule has 0 heterocycles. The number of hydrogen-bond acceptors (Lipinski definition) is 2. The van der Waals surface area contributed by atoms with Crippen molar-refractivity contribution in [2.75, 3.05) is 5.75 Å². The van der Waals surface area contributed by atoms with Crippen LogP contribution >= 0.6 is 11.8 Å². The van der Waals surface area contributed by atoms with Crippen LogP contribution in [0.25, 0.3) is 0 Å².